The lowest BCUT2D eigenvalue weighted by Crippen LogP contribution is -2.43. The Balaban J connectivity index is 1.92. The average molecular weight is 540 g/mol. The van der Waals surface area contributed by atoms with Crippen LogP contribution in [-0.2, 0) is 33.0 Å². The van der Waals surface area contributed by atoms with Crippen molar-refractivity contribution in [1.29, 1.82) is 0 Å². The zero-order chi connectivity index (χ0) is 26.6. The molecule has 1 fully saturated rings. The van der Waals surface area contributed by atoms with Crippen molar-refractivity contribution in [3.8, 4) is 5.75 Å². The van der Waals surface area contributed by atoms with E-state index in [2.05, 4.69) is 15.1 Å². The zero-order valence-corrected chi connectivity index (χ0v) is 22.2. The number of benzene rings is 1. The Labute approximate surface area is 213 Å². The van der Waals surface area contributed by atoms with Crippen molar-refractivity contribution in [3.63, 3.8) is 0 Å². The highest BCUT2D eigenvalue weighted by Gasteiger charge is 2.32. The molecule has 1 saturated heterocycles. The number of thioether (sulfide) groups is 1. The minimum absolute atomic E-state index is 0.0648. The van der Waals surface area contributed by atoms with E-state index in [-0.39, 0.29) is 34.5 Å². The molecule has 1 aliphatic rings. The number of esters is 1. The maximum absolute atomic E-state index is 13.3. The monoisotopic (exact) mass is 539 g/mol. The van der Waals surface area contributed by atoms with Gasteiger partial charge in [0.2, 0.25) is 10.0 Å². The molecule has 3 rings (SSSR count). The van der Waals surface area contributed by atoms with Gasteiger partial charge in [-0.1, -0.05) is 6.07 Å². The second-order valence-electron chi connectivity index (χ2n) is 8.49. The Kier molecular flexibility index (Phi) is 8.76. The fourth-order valence-electron chi connectivity index (χ4n) is 3.40. The van der Waals surface area contributed by atoms with Crippen LogP contribution in [0, 0.1) is 0 Å². The lowest BCUT2D eigenvalue weighted by molar-refractivity contribution is -0.142. The topological polar surface area (TPSA) is 149 Å². The number of hydrogen-bond donors (Lipinski definition) is 2. The Hall–Kier alpha value is -2.94. The first-order chi connectivity index (χ1) is 16.9. The molecule has 2 aromatic rings. The number of aryl methyl sites for hydroxylation is 1. The molecule has 0 spiro atoms. The van der Waals surface area contributed by atoms with E-state index in [4.69, 9.17) is 9.47 Å². The standard InChI is InChI=1S/C22H29N5O7S2/c1-13-12-35-20(24-13)19(28)16-8-14(6-7-18(16)34-22(30)26(2)3)9-17(21(29)33-5)25-36(31,32)15-10-23-27(4)11-15/h6-8,10-11,13,17,20,24-25H,9,12H2,1-5H3/t13?,17-,20-/m0/s1. The summed E-state index contributed by atoms with van der Waals surface area (Å²) in [6, 6.07) is 3.36. The third-order valence-corrected chi connectivity index (χ3v) is 8.08. The van der Waals surface area contributed by atoms with Gasteiger partial charge in [0.05, 0.1) is 18.9 Å². The number of rotatable bonds is 9. The highest BCUT2D eigenvalue weighted by atomic mass is 32.2. The largest absolute Gasteiger partial charge is 0.468 e. The summed E-state index contributed by atoms with van der Waals surface area (Å²) < 4.78 is 39.4. The molecule has 0 radical (unpaired) electrons. The van der Waals surface area contributed by atoms with Crippen LogP contribution in [0.2, 0.25) is 0 Å². The van der Waals surface area contributed by atoms with Crippen molar-refractivity contribution in [2.75, 3.05) is 27.0 Å². The fourth-order valence-corrected chi connectivity index (χ4v) is 5.75. The number of aromatic nitrogens is 2. The third kappa shape index (κ3) is 6.63. The third-order valence-electron chi connectivity index (χ3n) is 5.27. The number of carbonyl (C=O) groups is 3. The Bertz CT molecular complexity index is 1250. The zero-order valence-electron chi connectivity index (χ0n) is 20.5. The highest BCUT2D eigenvalue weighted by molar-refractivity contribution is 8.00. The molecule has 0 saturated carbocycles. The first-order valence-corrected chi connectivity index (χ1v) is 13.5. The van der Waals surface area contributed by atoms with Crippen LogP contribution < -0.4 is 14.8 Å². The van der Waals surface area contributed by atoms with Gasteiger partial charge in [-0.05, 0) is 31.0 Å². The molecule has 0 bridgehead atoms. The molecule has 12 nitrogen and oxygen atoms in total. The van der Waals surface area contributed by atoms with Crippen LogP contribution in [-0.4, -0.2) is 85.4 Å². The first-order valence-electron chi connectivity index (χ1n) is 10.9. The molecule has 0 aliphatic carbocycles. The molecule has 2 N–H and O–H groups in total. The molecule has 1 aliphatic heterocycles. The van der Waals surface area contributed by atoms with Crippen molar-refractivity contribution in [2.45, 2.75) is 35.7 Å². The molecular weight excluding hydrogens is 510 g/mol. The van der Waals surface area contributed by atoms with Gasteiger partial charge in [0.15, 0.2) is 5.78 Å². The minimum atomic E-state index is -4.08. The number of carbonyl (C=O) groups excluding carboxylic acids is 3. The molecular formula is C22H29N5O7S2. The van der Waals surface area contributed by atoms with E-state index in [1.54, 1.807) is 13.1 Å². The van der Waals surface area contributed by atoms with E-state index >= 15 is 0 Å². The van der Waals surface area contributed by atoms with Gasteiger partial charge in [-0.25, -0.2) is 13.2 Å². The predicted molar refractivity (Wildman–Crippen MR) is 132 cm³/mol. The van der Waals surface area contributed by atoms with Gasteiger partial charge in [0, 0.05) is 39.1 Å². The highest BCUT2D eigenvalue weighted by Crippen LogP contribution is 2.29. The summed E-state index contributed by atoms with van der Waals surface area (Å²) in [6.45, 7) is 1.96. The lowest BCUT2D eigenvalue weighted by Gasteiger charge is -2.19. The Morgan fingerprint density at radius 2 is 2.06 bits per heavy atom. The van der Waals surface area contributed by atoms with Crippen molar-refractivity contribution in [1.82, 2.24) is 24.7 Å². The Morgan fingerprint density at radius 1 is 1.33 bits per heavy atom. The van der Waals surface area contributed by atoms with Gasteiger partial charge in [-0.2, -0.15) is 9.82 Å². The Morgan fingerprint density at radius 3 is 2.61 bits per heavy atom. The summed E-state index contributed by atoms with van der Waals surface area (Å²) in [5.74, 6) is -0.294. The lowest BCUT2D eigenvalue weighted by atomic mass is 10.0. The molecule has 196 valence electrons. The molecule has 14 heteroatoms. The summed E-state index contributed by atoms with van der Waals surface area (Å²) in [5.41, 5.74) is 0.601. The first kappa shape index (κ1) is 27.6. The number of nitrogens with zero attached hydrogens (tertiary/aromatic N) is 3. The number of sulfonamides is 1. The van der Waals surface area contributed by atoms with Gasteiger partial charge in [-0.3, -0.25) is 19.6 Å². The fraction of sp³-hybridized carbons (Fsp3) is 0.455. The summed E-state index contributed by atoms with van der Waals surface area (Å²) in [6.07, 6.45) is 1.69. The number of Topliss-reactive ketones (excluding diaryl/α,β-unsaturated/α-hetero) is 1. The van der Waals surface area contributed by atoms with E-state index in [1.165, 1.54) is 53.8 Å². The van der Waals surface area contributed by atoms with Gasteiger partial charge in [-0.15, -0.1) is 11.8 Å². The smallest absolute Gasteiger partial charge is 0.414 e. The predicted octanol–water partition coefficient (Wildman–Crippen LogP) is 0.777. The molecule has 1 amide bonds. The molecule has 36 heavy (non-hydrogen) atoms. The molecule has 3 atom stereocenters. The summed E-state index contributed by atoms with van der Waals surface area (Å²) in [7, 11) is 1.67. The number of hydrogen-bond acceptors (Lipinski definition) is 10. The van der Waals surface area contributed by atoms with Crippen molar-refractivity contribution in [3.05, 3.63) is 41.7 Å². The second kappa shape index (κ2) is 11.4. The molecule has 2 heterocycles. The molecule has 1 aromatic carbocycles. The van der Waals surface area contributed by atoms with Crippen molar-refractivity contribution >= 4 is 39.6 Å². The van der Waals surface area contributed by atoms with Crippen LogP contribution in [0.3, 0.4) is 0 Å². The maximum Gasteiger partial charge on any atom is 0.414 e. The summed E-state index contributed by atoms with van der Waals surface area (Å²) >= 11 is 1.44. The summed E-state index contributed by atoms with van der Waals surface area (Å²) in [4.78, 5) is 39.1. The van der Waals surface area contributed by atoms with E-state index in [0.717, 1.165) is 19.1 Å². The number of ether oxygens (including phenoxy) is 2. The van der Waals surface area contributed by atoms with Crippen LogP contribution in [0.4, 0.5) is 4.79 Å². The number of nitrogens with one attached hydrogen (secondary N) is 2. The second-order valence-corrected chi connectivity index (χ2v) is 11.3. The summed E-state index contributed by atoms with van der Waals surface area (Å²) in [5, 5.41) is 6.50. The quantitative estimate of drug-likeness (QED) is 0.346. The molecule has 1 aromatic heterocycles. The van der Waals surface area contributed by atoms with Crippen LogP contribution in [0.15, 0.2) is 35.5 Å². The number of ketones is 1. The van der Waals surface area contributed by atoms with E-state index in [9.17, 15) is 22.8 Å². The SMILES string of the molecule is COC(=O)[C@H](Cc1ccc(OC(=O)N(C)C)c(C(=O)[C@H]2NC(C)CS2)c1)NS(=O)(=O)c1cnn(C)c1. The van der Waals surface area contributed by atoms with Gasteiger partial charge >= 0.3 is 12.1 Å². The normalized spacial score (nSPS) is 18.5. The molecule has 1 unspecified atom stereocenters. The van der Waals surface area contributed by atoms with E-state index in [0.29, 0.717) is 5.56 Å². The van der Waals surface area contributed by atoms with E-state index < -0.39 is 33.5 Å². The van der Waals surface area contributed by atoms with Gasteiger partial charge in [0.1, 0.15) is 22.1 Å². The van der Waals surface area contributed by atoms with Crippen LogP contribution in [0.5, 0.6) is 5.75 Å². The van der Waals surface area contributed by atoms with E-state index in [1.807, 2.05) is 6.92 Å². The van der Waals surface area contributed by atoms with Crippen LogP contribution in [0.1, 0.15) is 22.8 Å². The number of methoxy groups -OCH3 is 1. The maximum atomic E-state index is 13.3. The van der Waals surface area contributed by atoms with Gasteiger partial charge in [0.25, 0.3) is 0 Å². The van der Waals surface area contributed by atoms with Crippen molar-refractivity contribution in [2.24, 2.45) is 7.05 Å². The average Bonchev–Trinajstić information content (AvgIpc) is 3.47. The van der Waals surface area contributed by atoms with Gasteiger partial charge < -0.3 is 14.4 Å². The van der Waals surface area contributed by atoms with Crippen LogP contribution in [0.25, 0.3) is 0 Å². The van der Waals surface area contributed by atoms with Crippen molar-refractivity contribution < 1.29 is 32.3 Å². The van der Waals surface area contributed by atoms with Crippen LogP contribution >= 0.6 is 11.8 Å². The number of amides is 1. The minimum Gasteiger partial charge on any atom is -0.468 e.